The van der Waals surface area contributed by atoms with E-state index in [1.807, 2.05) is 0 Å². The van der Waals surface area contributed by atoms with Crippen LogP contribution in [0.15, 0.2) is 58.4 Å². The maximum absolute atomic E-state index is 12.8. The van der Waals surface area contributed by atoms with Crippen molar-refractivity contribution in [3.63, 3.8) is 0 Å². The summed E-state index contributed by atoms with van der Waals surface area (Å²) in [6.45, 7) is 1.32. The first-order valence-corrected chi connectivity index (χ1v) is 9.17. The Morgan fingerprint density at radius 2 is 1.81 bits per heavy atom. The fraction of sp³-hybridized carbons (Fsp3) is 0.0526. The molecule has 6 nitrogen and oxygen atoms in total. The minimum atomic E-state index is -0.505. The van der Waals surface area contributed by atoms with Gasteiger partial charge in [-0.1, -0.05) is 29.8 Å². The molecule has 2 heterocycles. The number of benzene rings is 2. The van der Waals surface area contributed by atoms with Gasteiger partial charge in [-0.05, 0) is 42.1 Å². The van der Waals surface area contributed by atoms with E-state index in [0.29, 0.717) is 27.1 Å². The lowest BCUT2D eigenvalue weighted by molar-refractivity contribution is -0.122. The largest absolute Gasteiger partial charge is 0.300 e. The molecular formula is C19H12ClN3O3S. The number of carbonyl (C=O) groups is 3. The first-order valence-electron chi connectivity index (χ1n) is 7.98. The van der Waals surface area contributed by atoms with E-state index in [4.69, 9.17) is 11.6 Å². The lowest BCUT2D eigenvalue weighted by atomic mass is 10.1. The Morgan fingerprint density at radius 1 is 1.11 bits per heavy atom. The standard InChI is InChI=1S/C19H12ClN3O3S/c1-10(24)23-14-5-3-2-4-13(14)15(18(23)26)16-17(25)22-19(27-16)21-12-8-6-11(20)7-9-12/h2-9H,1H3,(H,21,22,25)/b16-15+. The molecule has 27 heavy (non-hydrogen) atoms. The molecule has 2 aliphatic rings. The Bertz CT molecular complexity index is 1060. The quantitative estimate of drug-likeness (QED) is 0.747. The van der Waals surface area contributed by atoms with Crippen LogP contribution in [0.2, 0.25) is 5.02 Å². The van der Waals surface area contributed by atoms with Gasteiger partial charge in [-0.25, -0.2) is 9.89 Å². The molecule has 0 spiro atoms. The molecule has 0 saturated carbocycles. The average Bonchev–Trinajstić information content (AvgIpc) is 3.13. The molecule has 2 aliphatic heterocycles. The van der Waals surface area contributed by atoms with Crippen LogP contribution in [-0.4, -0.2) is 22.9 Å². The van der Waals surface area contributed by atoms with Crippen LogP contribution in [0.5, 0.6) is 0 Å². The first kappa shape index (κ1) is 17.5. The molecule has 1 fully saturated rings. The molecular weight excluding hydrogens is 386 g/mol. The highest BCUT2D eigenvalue weighted by Crippen LogP contribution is 2.42. The third-order valence-corrected chi connectivity index (χ3v) is 5.29. The Morgan fingerprint density at radius 3 is 2.52 bits per heavy atom. The average molecular weight is 398 g/mol. The third kappa shape index (κ3) is 3.05. The van der Waals surface area contributed by atoms with Crippen LogP contribution in [0.4, 0.5) is 11.4 Å². The van der Waals surface area contributed by atoms with Crippen molar-refractivity contribution < 1.29 is 14.4 Å². The van der Waals surface area contributed by atoms with E-state index >= 15 is 0 Å². The fourth-order valence-electron chi connectivity index (χ4n) is 2.92. The van der Waals surface area contributed by atoms with Crippen molar-refractivity contribution in [2.45, 2.75) is 6.92 Å². The molecule has 0 bridgehead atoms. The number of amidine groups is 1. The van der Waals surface area contributed by atoms with Gasteiger partial charge >= 0.3 is 0 Å². The lowest BCUT2D eigenvalue weighted by Crippen LogP contribution is -2.31. The number of para-hydroxylation sites is 1. The normalized spacial score (nSPS) is 20.2. The van der Waals surface area contributed by atoms with Gasteiger partial charge in [0, 0.05) is 17.5 Å². The molecule has 0 aromatic heterocycles. The number of amides is 3. The number of anilines is 1. The number of hydrogen-bond acceptors (Lipinski definition) is 5. The number of aliphatic imine (C=N–C) groups is 1. The van der Waals surface area contributed by atoms with E-state index in [1.165, 1.54) is 6.92 Å². The van der Waals surface area contributed by atoms with Crippen molar-refractivity contribution >= 4 is 63.2 Å². The van der Waals surface area contributed by atoms with Crippen LogP contribution in [0.25, 0.3) is 5.57 Å². The van der Waals surface area contributed by atoms with Crippen molar-refractivity contribution in [2.24, 2.45) is 4.99 Å². The van der Waals surface area contributed by atoms with Crippen molar-refractivity contribution in [1.29, 1.82) is 0 Å². The van der Waals surface area contributed by atoms with Gasteiger partial charge in [0.15, 0.2) is 5.17 Å². The second kappa shape index (κ2) is 6.68. The molecule has 134 valence electrons. The number of rotatable bonds is 1. The highest BCUT2D eigenvalue weighted by atomic mass is 35.5. The zero-order valence-electron chi connectivity index (χ0n) is 14.0. The smallest absolute Gasteiger partial charge is 0.267 e. The van der Waals surface area contributed by atoms with E-state index in [1.54, 1.807) is 48.5 Å². The molecule has 0 aliphatic carbocycles. The summed E-state index contributed by atoms with van der Waals surface area (Å²) >= 11 is 6.94. The van der Waals surface area contributed by atoms with Crippen LogP contribution in [-0.2, 0) is 14.4 Å². The Labute approximate surface area is 163 Å². The fourth-order valence-corrected chi connectivity index (χ4v) is 3.98. The number of carbonyl (C=O) groups excluding carboxylic acids is 3. The van der Waals surface area contributed by atoms with Crippen molar-refractivity contribution in [3.8, 4) is 0 Å². The Kier molecular flexibility index (Phi) is 4.33. The molecule has 0 unspecified atom stereocenters. The second-order valence-corrected chi connectivity index (χ2v) is 7.27. The lowest BCUT2D eigenvalue weighted by Gasteiger charge is -2.11. The molecule has 1 N–H and O–H groups in total. The van der Waals surface area contributed by atoms with Gasteiger partial charge in [0.25, 0.3) is 11.8 Å². The Balaban J connectivity index is 1.77. The summed E-state index contributed by atoms with van der Waals surface area (Å²) in [7, 11) is 0. The molecule has 4 rings (SSSR count). The third-order valence-electron chi connectivity index (χ3n) is 4.06. The van der Waals surface area contributed by atoms with E-state index in [2.05, 4.69) is 10.3 Å². The van der Waals surface area contributed by atoms with Gasteiger partial charge in [-0.2, -0.15) is 0 Å². The SMILES string of the molecule is CC(=O)N1C(=O)/C(=C2/SC(=Nc3ccc(Cl)cc3)NC2=O)c2ccccc21. The highest BCUT2D eigenvalue weighted by molar-refractivity contribution is 8.18. The predicted octanol–water partition coefficient (Wildman–Crippen LogP) is 3.49. The van der Waals surface area contributed by atoms with E-state index < -0.39 is 17.7 Å². The van der Waals surface area contributed by atoms with Crippen LogP contribution in [0, 0.1) is 0 Å². The summed E-state index contributed by atoms with van der Waals surface area (Å²) in [5.74, 6) is -1.33. The van der Waals surface area contributed by atoms with E-state index in [9.17, 15) is 14.4 Å². The zero-order valence-corrected chi connectivity index (χ0v) is 15.6. The number of thioether (sulfide) groups is 1. The van der Waals surface area contributed by atoms with Crippen molar-refractivity contribution in [3.05, 3.63) is 64.0 Å². The molecule has 8 heteroatoms. The summed E-state index contributed by atoms with van der Waals surface area (Å²) in [6.07, 6.45) is 0. The number of nitrogens with one attached hydrogen (secondary N) is 1. The summed E-state index contributed by atoms with van der Waals surface area (Å²) < 4.78 is 0. The molecule has 1 saturated heterocycles. The number of hydrogen-bond donors (Lipinski definition) is 1. The van der Waals surface area contributed by atoms with E-state index in [-0.39, 0.29) is 10.5 Å². The molecule has 3 amide bonds. The van der Waals surface area contributed by atoms with Gasteiger partial charge in [0.2, 0.25) is 5.91 Å². The summed E-state index contributed by atoms with van der Waals surface area (Å²) in [4.78, 5) is 43.0. The first-order chi connectivity index (χ1) is 13.0. The molecule has 0 radical (unpaired) electrons. The number of nitrogens with zero attached hydrogens (tertiary/aromatic N) is 2. The van der Waals surface area contributed by atoms with E-state index in [0.717, 1.165) is 16.7 Å². The second-order valence-electron chi connectivity index (χ2n) is 5.83. The van der Waals surface area contributed by atoms with Gasteiger partial charge in [0.05, 0.1) is 21.9 Å². The summed E-state index contributed by atoms with van der Waals surface area (Å²) in [5.41, 5.74) is 1.87. The van der Waals surface area contributed by atoms with Gasteiger partial charge in [0.1, 0.15) is 0 Å². The number of halogens is 1. The predicted molar refractivity (Wildman–Crippen MR) is 106 cm³/mol. The van der Waals surface area contributed by atoms with Crippen molar-refractivity contribution in [2.75, 3.05) is 4.90 Å². The maximum Gasteiger partial charge on any atom is 0.267 e. The van der Waals surface area contributed by atoms with Gasteiger partial charge in [-0.3, -0.25) is 14.4 Å². The topological polar surface area (TPSA) is 78.8 Å². The molecule has 2 aromatic rings. The maximum atomic E-state index is 12.8. The minimum Gasteiger partial charge on any atom is -0.300 e. The Hall–Kier alpha value is -2.90. The summed E-state index contributed by atoms with van der Waals surface area (Å²) in [5, 5.41) is 3.61. The van der Waals surface area contributed by atoms with Crippen LogP contribution < -0.4 is 10.2 Å². The minimum absolute atomic E-state index is 0.213. The number of fused-ring (bicyclic) bond motifs is 1. The zero-order chi connectivity index (χ0) is 19.1. The van der Waals surface area contributed by atoms with Gasteiger partial charge < -0.3 is 5.32 Å². The van der Waals surface area contributed by atoms with Crippen LogP contribution >= 0.6 is 23.4 Å². The monoisotopic (exact) mass is 397 g/mol. The van der Waals surface area contributed by atoms with Crippen LogP contribution in [0.3, 0.4) is 0 Å². The number of imide groups is 1. The van der Waals surface area contributed by atoms with Gasteiger partial charge in [-0.15, -0.1) is 0 Å². The summed E-state index contributed by atoms with van der Waals surface area (Å²) in [6, 6.07) is 13.7. The van der Waals surface area contributed by atoms with Crippen molar-refractivity contribution in [1.82, 2.24) is 5.32 Å². The molecule has 2 aromatic carbocycles. The molecule has 0 atom stereocenters. The highest BCUT2D eigenvalue weighted by Gasteiger charge is 2.40. The van der Waals surface area contributed by atoms with Crippen LogP contribution in [0.1, 0.15) is 12.5 Å².